The van der Waals surface area contributed by atoms with Gasteiger partial charge in [-0.3, -0.25) is 4.79 Å². The van der Waals surface area contributed by atoms with Gasteiger partial charge in [0.05, 0.1) is 12.1 Å². The number of furan rings is 1. The number of aromatic nitrogens is 1. The summed E-state index contributed by atoms with van der Waals surface area (Å²) in [4.78, 5) is 12.3. The first-order chi connectivity index (χ1) is 13.2. The van der Waals surface area contributed by atoms with Crippen LogP contribution in [0.25, 0.3) is 22.6 Å². The Balaban J connectivity index is 1.42. The van der Waals surface area contributed by atoms with E-state index in [1.807, 2.05) is 30.3 Å². The van der Waals surface area contributed by atoms with Gasteiger partial charge in [0.2, 0.25) is 0 Å². The van der Waals surface area contributed by atoms with Crippen LogP contribution in [0.4, 0.5) is 4.39 Å². The molecule has 5 nitrogen and oxygen atoms in total. The molecule has 0 aliphatic rings. The highest BCUT2D eigenvalue weighted by Crippen LogP contribution is 2.25. The molecule has 27 heavy (non-hydrogen) atoms. The van der Waals surface area contributed by atoms with Crippen LogP contribution in [0.3, 0.4) is 0 Å². The molecule has 4 rings (SSSR count). The number of rotatable bonds is 5. The molecule has 0 fully saturated rings. The van der Waals surface area contributed by atoms with Crippen LogP contribution in [0.2, 0.25) is 0 Å². The summed E-state index contributed by atoms with van der Waals surface area (Å²) < 4.78 is 24.6. The Morgan fingerprint density at radius 1 is 0.963 bits per heavy atom. The van der Waals surface area contributed by atoms with Crippen molar-refractivity contribution in [2.45, 2.75) is 6.54 Å². The van der Waals surface area contributed by atoms with Crippen molar-refractivity contribution in [1.29, 1.82) is 0 Å². The summed E-state index contributed by atoms with van der Waals surface area (Å²) in [5, 5.41) is 6.66. The molecular formula is C21H15FN2O3. The van der Waals surface area contributed by atoms with Gasteiger partial charge in [0, 0.05) is 11.6 Å². The van der Waals surface area contributed by atoms with Gasteiger partial charge in [0.15, 0.2) is 11.5 Å². The summed E-state index contributed by atoms with van der Waals surface area (Å²) in [7, 11) is 0. The number of carbonyl (C=O) groups is 1. The molecule has 4 aromatic rings. The van der Waals surface area contributed by atoms with Crippen molar-refractivity contribution in [3.05, 3.63) is 90.1 Å². The van der Waals surface area contributed by atoms with Crippen LogP contribution in [-0.4, -0.2) is 11.1 Å². The molecular weight excluding hydrogens is 347 g/mol. The fraction of sp³-hybridized carbons (Fsp3) is 0.0476. The van der Waals surface area contributed by atoms with Crippen LogP contribution in [0.1, 0.15) is 16.2 Å². The van der Waals surface area contributed by atoms with Gasteiger partial charge in [-0.1, -0.05) is 47.6 Å². The van der Waals surface area contributed by atoms with E-state index >= 15 is 0 Å². The Bertz CT molecular complexity index is 1070. The smallest absolute Gasteiger partial charge is 0.287 e. The lowest BCUT2D eigenvalue weighted by atomic mass is 10.1. The number of nitrogens with one attached hydrogen (secondary N) is 1. The molecule has 134 valence electrons. The second-order valence-electron chi connectivity index (χ2n) is 5.87. The van der Waals surface area contributed by atoms with Crippen LogP contribution >= 0.6 is 0 Å². The largest absolute Gasteiger partial charge is 0.451 e. The van der Waals surface area contributed by atoms with E-state index in [0.29, 0.717) is 22.8 Å². The minimum Gasteiger partial charge on any atom is -0.451 e. The Morgan fingerprint density at radius 2 is 1.74 bits per heavy atom. The minimum atomic E-state index is -0.415. The lowest BCUT2D eigenvalue weighted by Gasteiger charge is -2.00. The predicted octanol–water partition coefficient (Wildman–Crippen LogP) is 4.67. The van der Waals surface area contributed by atoms with E-state index in [4.69, 9.17) is 8.94 Å². The highest BCUT2D eigenvalue weighted by Gasteiger charge is 2.15. The Morgan fingerprint density at radius 3 is 2.56 bits per heavy atom. The molecule has 1 N–H and O–H groups in total. The van der Waals surface area contributed by atoms with Crippen LogP contribution in [-0.2, 0) is 6.54 Å². The molecule has 2 aromatic carbocycles. The molecule has 0 aliphatic carbocycles. The lowest BCUT2D eigenvalue weighted by Crippen LogP contribution is -2.22. The fourth-order valence-corrected chi connectivity index (χ4v) is 2.66. The van der Waals surface area contributed by atoms with Gasteiger partial charge in [-0.05, 0) is 24.3 Å². The lowest BCUT2D eigenvalue weighted by molar-refractivity contribution is 0.0923. The van der Waals surface area contributed by atoms with Crippen molar-refractivity contribution in [2.75, 3.05) is 0 Å². The summed E-state index contributed by atoms with van der Waals surface area (Å²) in [5.41, 5.74) is 1.80. The first-order valence-electron chi connectivity index (χ1n) is 8.34. The molecule has 0 saturated heterocycles. The van der Waals surface area contributed by atoms with Crippen molar-refractivity contribution >= 4 is 5.91 Å². The molecule has 0 unspecified atom stereocenters. The average Bonchev–Trinajstić information content (AvgIpc) is 3.37. The standard InChI is InChI=1S/C21H15FN2O3/c22-17-9-5-4-8-16(17)18-10-11-19(26-18)21(25)23-13-15-12-20(27-24-15)14-6-2-1-3-7-14/h1-12H,13H2,(H,23,25). The predicted molar refractivity (Wildman–Crippen MR) is 97.2 cm³/mol. The van der Waals surface area contributed by atoms with Gasteiger partial charge >= 0.3 is 0 Å². The topological polar surface area (TPSA) is 68.3 Å². The van der Waals surface area contributed by atoms with Gasteiger partial charge in [0.1, 0.15) is 17.3 Å². The summed E-state index contributed by atoms with van der Waals surface area (Å²) >= 11 is 0. The van der Waals surface area contributed by atoms with E-state index in [1.54, 1.807) is 30.3 Å². The van der Waals surface area contributed by atoms with Crippen molar-refractivity contribution in [3.63, 3.8) is 0 Å². The molecule has 0 atom stereocenters. The number of nitrogens with zero attached hydrogens (tertiary/aromatic N) is 1. The highest BCUT2D eigenvalue weighted by atomic mass is 19.1. The third-order valence-corrected chi connectivity index (χ3v) is 4.02. The Hall–Kier alpha value is -3.67. The van der Waals surface area contributed by atoms with Gasteiger partial charge in [0.25, 0.3) is 5.91 Å². The molecule has 0 bridgehead atoms. The molecule has 1 amide bonds. The van der Waals surface area contributed by atoms with Crippen LogP contribution in [0.5, 0.6) is 0 Å². The van der Waals surface area contributed by atoms with E-state index in [0.717, 1.165) is 5.56 Å². The quantitative estimate of drug-likeness (QED) is 0.560. The van der Waals surface area contributed by atoms with Crippen molar-refractivity contribution in [1.82, 2.24) is 10.5 Å². The summed E-state index contributed by atoms with van der Waals surface area (Å²) in [6.45, 7) is 0.185. The molecule has 6 heteroatoms. The fourth-order valence-electron chi connectivity index (χ4n) is 2.66. The van der Waals surface area contributed by atoms with Gasteiger partial charge in [-0.25, -0.2) is 4.39 Å². The van der Waals surface area contributed by atoms with E-state index in [1.165, 1.54) is 12.1 Å². The summed E-state index contributed by atoms with van der Waals surface area (Å²) in [6.07, 6.45) is 0. The monoisotopic (exact) mass is 362 g/mol. The zero-order valence-corrected chi connectivity index (χ0v) is 14.2. The van der Waals surface area contributed by atoms with Crippen LogP contribution < -0.4 is 5.32 Å². The van der Waals surface area contributed by atoms with E-state index in [-0.39, 0.29) is 12.3 Å². The normalized spacial score (nSPS) is 10.7. The summed E-state index contributed by atoms with van der Waals surface area (Å²) in [6, 6.07) is 20.6. The molecule has 0 aliphatic heterocycles. The maximum Gasteiger partial charge on any atom is 0.287 e. The first-order valence-corrected chi connectivity index (χ1v) is 8.34. The van der Waals surface area contributed by atoms with Gasteiger partial charge in [-0.15, -0.1) is 0 Å². The molecule has 0 spiro atoms. The summed E-state index contributed by atoms with van der Waals surface area (Å²) in [5.74, 6) is 0.197. The number of benzene rings is 2. The number of hydrogen-bond donors (Lipinski definition) is 1. The van der Waals surface area contributed by atoms with Crippen molar-refractivity contribution in [3.8, 4) is 22.6 Å². The number of halogens is 1. The first kappa shape index (κ1) is 16.8. The average molecular weight is 362 g/mol. The van der Waals surface area contributed by atoms with Gasteiger partial charge in [-0.2, -0.15) is 0 Å². The minimum absolute atomic E-state index is 0.0973. The third kappa shape index (κ3) is 3.64. The van der Waals surface area contributed by atoms with Crippen LogP contribution in [0, 0.1) is 5.82 Å². The molecule has 2 aromatic heterocycles. The Labute approximate surface area is 154 Å². The zero-order chi connectivity index (χ0) is 18.6. The second-order valence-corrected chi connectivity index (χ2v) is 5.87. The molecule has 2 heterocycles. The molecule has 0 saturated carbocycles. The van der Waals surface area contributed by atoms with E-state index in [2.05, 4.69) is 10.5 Å². The third-order valence-electron chi connectivity index (χ3n) is 4.02. The molecule has 0 radical (unpaired) electrons. The second kappa shape index (κ2) is 7.29. The number of amides is 1. The van der Waals surface area contributed by atoms with Gasteiger partial charge < -0.3 is 14.3 Å². The van der Waals surface area contributed by atoms with Crippen LogP contribution in [0.15, 0.2) is 81.7 Å². The van der Waals surface area contributed by atoms with E-state index in [9.17, 15) is 9.18 Å². The SMILES string of the molecule is O=C(NCc1cc(-c2ccccc2)on1)c1ccc(-c2ccccc2F)o1. The maximum atomic E-state index is 13.8. The van der Waals surface area contributed by atoms with Crippen molar-refractivity contribution < 1.29 is 18.1 Å². The number of hydrogen-bond acceptors (Lipinski definition) is 4. The Kier molecular flexibility index (Phi) is 4.53. The van der Waals surface area contributed by atoms with Crippen molar-refractivity contribution in [2.24, 2.45) is 0 Å². The number of carbonyl (C=O) groups excluding carboxylic acids is 1. The maximum absolute atomic E-state index is 13.8. The zero-order valence-electron chi connectivity index (χ0n) is 14.2. The highest BCUT2D eigenvalue weighted by molar-refractivity contribution is 5.92. The van der Waals surface area contributed by atoms with E-state index < -0.39 is 11.7 Å².